The quantitative estimate of drug-likeness (QED) is 0.547. The minimum absolute atomic E-state index is 0.162. The standard InChI is InChI=1S/C17H19NO4S2/c1-21-13-4-6-15(7-5-13)24-12-17(20)22-11-16(19)18-9-8-14-3-2-10-23-14/h2-7,10H,8-9,11-12H2,1H3,(H,18,19). The summed E-state index contributed by atoms with van der Waals surface area (Å²) in [5.41, 5.74) is 0. The van der Waals surface area contributed by atoms with E-state index in [0.717, 1.165) is 17.1 Å². The van der Waals surface area contributed by atoms with Crippen LogP contribution in [0.3, 0.4) is 0 Å². The van der Waals surface area contributed by atoms with Crippen molar-refractivity contribution in [2.75, 3.05) is 26.0 Å². The lowest BCUT2D eigenvalue weighted by Gasteiger charge is -2.06. The van der Waals surface area contributed by atoms with Gasteiger partial charge in [-0.2, -0.15) is 0 Å². The second-order valence-electron chi connectivity index (χ2n) is 4.80. The first-order valence-corrected chi connectivity index (χ1v) is 9.25. The number of ether oxygens (including phenoxy) is 2. The van der Waals surface area contributed by atoms with Gasteiger partial charge in [0.2, 0.25) is 0 Å². The molecule has 7 heteroatoms. The Morgan fingerprint density at radius 2 is 2.00 bits per heavy atom. The summed E-state index contributed by atoms with van der Waals surface area (Å²) in [5, 5.41) is 4.73. The number of benzene rings is 1. The van der Waals surface area contributed by atoms with E-state index in [1.807, 2.05) is 41.8 Å². The molecule has 24 heavy (non-hydrogen) atoms. The highest BCUT2D eigenvalue weighted by atomic mass is 32.2. The molecule has 0 aliphatic carbocycles. The van der Waals surface area contributed by atoms with Gasteiger partial charge in [0, 0.05) is 16.3 Å². The maximum absolute atomic E-state index is 11.7. The molecular weight excluding hydrogens is 346 g/mol. The van der Waals surface area contributed by atoms with E-state index in [-0.39, 0.29) is 18.3 Å². The van der Waals surface area contributed by atoms with Crippen molar-refractivity contribution in [3.63, 3.8) is 0 Å². The van der Waals surface area contributed by atoms with Crippen LogP contribution >= 0.6 is 23.1 Å². The SMILES string of the molecule is COc1ccc(SCC(=O)OCC(=O)NCCc2cccs2)cc1. The molecule has 0 unspecified atom stereocenters. The van der Waals surface area contributed by atoms with E-state index in [4.69, 9.17) is 9.47 Å². The molecule has 0 bridgehead atoms. The third-order valence-electron chi connectivity index (χ3n) is 3.05. The molecule has 0 aliphatic rings. The van der Waals surface area contributed by atoms with Gasteiger partial charge in [-0.15, -0.1) is 23.1 Å². The molecule has 0 radical (unpaired) electrons. The van der Waals surface area contributed by atoms with Gasteiger partial charge in [0.25, 0.3) is 5.91 Å². The number of methoxy groups -OCH3 is 1. The molecule has 0 fully saturated rings. The van der Waals surface area contributed by atoms with Crippen molar-refractivity contribution in [3.8, 4) is 5.75 Å². The Morgan fingerprint density at radius 3 is 2.67 bits per heavy atom. The van der Waals surface area contributed by atoms with Crippen LogP contribution in [-0.4, -0.2) is 37.9 Å². The summed E-state index contributed by atoms with van der Waals surface area (Å²) in [6.07, 6.45) is 0.782. The van der Waals surface area contributed by atoms with Gasteiger partial charge in [-0.05, 0) is 42.1 Å². The van der Waals surface area contributed by atoms with Gasteiger partial charge < -0.3 is 14.8 Å². The highest BCUT2D eigenvalue weighted by Gasteiger charge is 2.08. The van der Waals surface area contributed by atoms with Crippen LogP contribution in [0.25, 0.3) is 0 Å². The zero-order chi connectivity index (χ0) is 17.2. The van der Waals surface area contributed by atoms with Crippen molar-refractivity contribution in [1.82, 2.24) is 5.32 Å². The third kappa shape index (κ3) is 6.64. The van der Waals surface area contributed by atoms with Gasteiger partial charge >= 0.3 is 5.97 Å². The second kappa shape index (κ2) is 10.00. The molecule has 0 atom stereocenters. The molecule has 5 nitrogen and oxygen atoms in total. The van der Waals surface area contributed by atoms with Crippen molar-refractivity contribution >= 4 is 35.0 Å². The van der Waals surface area contributed by atoms with E-state index in [0.29, 0.717) is 6.54 Å². The smallest absolute Gasteiger partial charge is 0.316 e. The highest BCUT2D eigenvalue weighted by molar-refractivity contribution is 8.00. The highest BCUT2D eigenvalue weighted by Crippen LogP contribution is 2.21. The predicted molar refractivity (Wildman–Crippen MR) is 95.7 cm³/mol. The first kappa shape index (κ1) is 18.4. The monoisotopic (exact) mass is 365 g/mol. The fourth-order valence-electron chi connectivity index (χ4n) is 1.83. The number of nitrogens with one attached hydrogen (secondary N) is 1. The zero-order valence-corrected chi connectivity index (χ0v) is 15.0. The van der Waals surface area contributed by atoms with Crippen molar-refractivity contribution in [2.45, 2.75) is 11.3 Å². The Labute approximate surface area is 149 Å². The summed E-state index contributed by atoms with van der Waals surface area (Å²) in [4.78, 5) is 25.4. The van der Waals surface area contributed by atoms with Gasteiger partial charge in [-0.25, -0.2) is 0 Å². The molecule has 0 spiro atoms. The number of esters is 1. The fourth-order valence-corrected chi connectivity index (χ4v) is 3.24. The van der Waals surface area contributed by atoms with Crippen LogP contribution in [0.4, 0.5) is 0 Å². The lowest BCUT2D eigenvalue weighted by Crippen LogP contribution is -2.30. The van der Waals surface area contributed by atoms with Crippen LogP contribution in [-0.2, 0) is 20.7 Å². The topological polar surface area (TPSA) is 64.6 Å². The molecule has 1 amide bonds. The average molecular weight is 365 g/mol. The van der Waals surface area contributed by atoms with E-state index in [9.17, 15) is 9.59 Å². The largest absolute Gasteiger partial charge is 0.497 e. The van der Waals surface area contributed by atoms with Crippen LogP contribution in [0.15, 0.2) is 46.7 Å². The lowest BCUT2D eigenvalue weighted by atomic mass is 10.3. The first-order chi connectivity index (χ1) is 11.7. The molecule has 1 N–H and O–H groups in total. The summed E-state index contributed by atoms with van der Waals surface area (Å²) in [6, 6.07) is 11.4. The number of carbonyl (C=O) groups excluding carboxylic acids is 2. The number of rotatable bonds is 9. The number of hydrogen-bond acceptors (Lipinski definition) is 6. The minimum atomic E-state index is -0.413. The van der Waals surface area contributed by atoms with E-state index in [1.54, 1.807) is 18.4 Å². The van der Waals surface area contributed by atoms with Gasteiger partial charge in [-0.1, -0.05) is 6.07 Å². The van der Waals surface area contributed by atoms with Crippen LogP contribution in [0, 0.1) is 0 Å². The minimum Gasteiger partial charge on any atom is -0.497 e. The first-order valence-electron chi connectivity index (χ1n) is 7.39. The van der Waals surface area contributed by atoms with Crippen LogP contribution < -0.4 is 10.1 Å². The lowest BCUT2D eigenvalue weighted by molar-refractivity contribution is -0.145. The second-order valence-corrected chi connectivity index (χ2v) is 6.89. The van der Waals surface area contributed by atoms with Gasteiger partial charge in [0.15, 0.2) is 6.61 Å². The van der Waals surface area contributed by atoms with Gasteiger partial charge in [0.05, 0.1) is 12.9 Å². The third-order valence-corrected chi connectivity index (χ3v) is 4.98. The van der Waals surface area contributed by atoms with E-state index in [1.165, 1.54) is 16.6 Å². The van der Waals surface area contributed by atoms with Crippen molar-refractivity contribution in [2.24, 2.45) is 0 Å². The van der Waals surface area contributed by atoms with Crippen molar-refractivity contribution < 1.29 is 19.1 Å². The van der Waals surface area contributed by atoms with E-state index < -0.39 is 5.97 Å². The summed E-state index contributed by atoms with van der Waals surface area (Å²) >= 11 is 3.01. The Kier molecular flexibility index (Phi) is 7.64. The average Bonchev–Trinajstić information content (AvgIpc) is 3.12. The number of thioether (sulfide) groups is 1. The summed E-state index contributed by atoms with van der Waals surface area (Å²) in [7, 11) is 1.60. The summed E-state index contributed by atoms with van der Waals surface area (Å²) < 4.78 is 10.0. The van der Waals surface area contributed by atoms with E-state index >= 15 is 0 Å². The Morgan fingerprint density at radius 1 is 1.21 bits per heavy atom. The number of hydrogen-bond donors (Lipinski definition) is 1. The fraction of sp³-hybridized carbons (Fsp3) is 0.294. The molecule has 1 aromatic heterocycles. The molecule has 1 aromatic carbocycles. The van der Waals surface area contributed by atoms with E-state index in [2.05, 4.69) is 5.32 Å². The van der Waals surface area contributed by atoms with Gasteiger partial charge in [-0.3, -0.25) is 9.59 Å². The molecule has 2 aromatic rings. The molecule has 1 heterocycles. The van der Waals surface area contributed by atoms with Crippen molar-refractivity contribution in [3.05, 3.63) is 46.7 Å². The Balaban J connectivity index is 1.58. The molecule has 0 aliphatic heterocycles. The number of thiophene rings is 1. The van der Waals surface area contributed by atoms with Gasteiger partial charge in [0.1, 0.15) is 5.75 Å². The Hall–Kier alpha value is -1.99. The van der Waals surface area contributed by atoms with Crippen molar-refractivity contribution in [1.29, 1.82) is 0 Å². The normalized spacial score (nSPS) is 10.2. The number of carbonyl (C=O) groups is 2. The Bertz CT molecular complexity index is 641. The van der Waals surface area contributed by atoms with Crippen LogP contribution in [0.1, 0.15) is 4.88 Å². The molecule has 128 valence electrons. The maximum Gasteiger partial charge on any atom is 0.316 e. The zero-order valence-electron chi connectivity index (χ0n) is 13.3. The van der Waals surface area contributed by atoms with Crippen LogP contribution in [0.5, 0.6) is 5.75 Å². The summed E-state index contributed by atoms with van der Waals surface area (Å²) in [6.45, 7) is 0.296. The number of amides is 1. The molecular formula is C17H19NO4S2. The maximum atomic E-state index is 11.7. The molecule has 0 saturated carbocycles. The summed E-state index contributed by atoms with van der Waals surface area (Å²) in [5.74, 6) is 0.231. The van der Waals surface area contributed by atoms with Crippen LogP contribution in [0.2, 0.25) is 0 Å². The molecule has 0 saturated heterocycles. The predicted octanol–water partition coefficient (Wildman–Crippen LogP) is 2.75. The molecule has 2 rings (SSSR count).